The first kappa shape index (κ1) is 13.9. The lowest BCUT2D eigenvalue weighted by molar-refractivity contribution is -0.916. The van der Waals surface area contributed by atoms with Crippen LogP contribution >= 0.6 is 0 Å². The Balaban J connectivity index is 2.38. The summed E-state index contributed by atoms with van der Waals surface area (Å²) >= 11 is 0. The molecule has 1 rings (SSSR count). The molecule has 0 saturated heterocycles. The average Bonchev–Trinajstić information content (AvgIpc) is 2.17. The van der Waals surface area contributed by atoms with E-state index in [1.807, 2.05) is 0 Å². The molecule has 0 bridgehead atoms. The monoisotopic (exact) mass is 249 g/mol. The maximum Gasteiger partial charge on any atom is 0.0948 e. The summed E-state index contributed by atoms with van der Waals surface area (Å²) in [6.07, 6.45) is 6.84. The van der Waals surface area contributed by atoms with Gasteiger partial charge >= 0.3 is 0 Å². The maximum atomic E-state index is 10.5. The molecule has 0 spiro atoms. The van der Waals surface area contributed by atoms with Crippen molar-refractivity contribution in [1.29, 1.82) is 0 Å². The van der Waals surface area contributed by atoms with Crippen molar-refractivity contribution < 1.29 is 17.5 Å². The molecule has 5 heteroatoms. The molecule has 1 aliphatic rings. The van der Waals surface area contributed by atoms with E-state index >= 15 is 0 Å². The highest BCUT2D eigenvalue weighted by Gasteiger charge is 2.29. The van der Waals surface area contributed by atoms with Crippen molar-refractivity contribution >= 4 is 10.1 Å². The number of rotatable bonds is 5. The molecule has 0 amide bonds. The first-order valence-electron chi connectivity index (χ1n) is 6.07. The highest BCUT2D eigenvalue weighted by Crippen LogP contribution is 2.25. The second-order valence-electron chi connectivity index (χ2n) is 5.41. The van der Waals surface area contributed by atoms with Crippen molar-refractivity contribution in [1.82, 2.24) is 0 Å². The molecule has 0 aromatic carbocycles. The van der Waals surface area contributed by atoms with Crippen molar-refractivity contribution in [3.8, 4) is 0 Å². The highest BCUT2D eigenvalue weighted by atomic mass is 32.2. The Bertz CT molecular complexity index is 305. The van der Waals surface area contributed by atoms with Crippen LogP contribution < -0.4 is 0 Å². The van der Waals surface area contributed by atoms with Gasteiger partial charge in [-0.1, -0.05) is 6.42 Å². The fourth-order valence-corrected chi connectivity index (χ4v) is 3.09. The third kappa shape index (κ3) is 4.80. The van der Waals surface area contributed by atoms with Gasteiger partial charge in [-0.25, -0.2) is 8.42 Å². The Kier molecular flexibility index (Phi) is 4.76. The zero-order chi connectivity index (χ0) is 12.2. The molecule has 1 fully saturated rings. The van der Waals surface area contributed by atoms with Crippen LogP contribution in [0.4, 0.5) is 0 Å². The van der Waals surface area contributed by atoms with Crippen LogP contribution in [-0.2, 0) is 10.1 Å². The lowest BCUT2D eigenvalue weighted by Crippen LogP contribution is -2.50. The minimum absolute atomic E-state index is 0.221. The van der Waals surface area contributed by atoms with E-state index < -0.39 is 10.1 Å². The van der Waals surface area contributed by atoms with Gasteiger partial charge in [0, 0.05) is 12.2 Å². The second kappa shape index (κ2) is 5.47. The summed E-state index contributed by atoms with van der Waals surface area (Å²) in [4.78, 5) is 0. The molecule has 0 aromatic heterocycles. The predicted molar refractivity (Wildman–Crippen MR) is 63.0 cm³/mol. The highest BCUT2D eigenvalue weighted by molar-refractivity contribution is 7.85. The SMILES string of the molecule is C[N+](C)(CCCS(=O)(=O)[O-])C1CCCCC1. The molecule has 1 aliphatic carbocycles. The number of quaternary nitrogens is 1. The minimum atomic E-state index is -4.04. The van der Waals surface area contributed by atoms with Gasteiger partial charge in [-0.2, -0.15) is 0 Å². The van der Waals surface area contributed by atoms with Crippen molar-refractivity contribution in [3.63, 3.8) is 0 Å². The van der Waals surface area contributed by atoms with Crippen LogP contribution in [0.15, 0.2) is 0 Å². The van der Waals surface area contributed by atoms with Gasteiger partial charge in [-0.3, -0.25) is 0 Å². The zero-order valence-corrected chi connectivity index (χ0v) is 11.1. The van der Waals surface area contributed by atoms with E-state index in [-0.39, 0.29) is 5.75 Å². The third-order valence-corrected chi connectivity index (χ3v) is 4.48. The third-order valence-electron chi connectivity index (χ3n) is 3.69. The van der Waals surface area contributed by atoms with Crippen molar-refractivity contribution in [3.05, 3.63) is 0 Å². The Morgan fingerprint density at radius 1 is 1.19 bits per heavy atom. The van der Waals surface area contributed by atoms with Crippen molar-refractivity contribution in [2.24, 2.45) is 0 Å². The van der Waals surface area contributed by atoms with Crippen LogP contribution in [0, 0.1) is 0 Å². The summed E-state index contributed by atoms with van der Waals surface area (Å²) in [6.45, 7) is 0.784. The van der Waals surface area contributed by atoms with Gasteiger partial charge in [0.2, 0.25) is 0 Å². The minimum Gasteiger partial charge on any atom is -0.748 e. The first-order valence-corrected chi connectivity index (χ1v) is 7.65. The molecule has 0 aromatic rings. The normalized spacial score (nSPS) is 19.9. The summed E-state index contributed by atoms with van der Waals surface area (Å²) in [7, 11) is 0.255. The Morgan fingerprint density at radius 2 is 1.75 bits per heavy atom. The fourth-order valence-electron chi connectivity index (χ4n) is 2.61. The Hall–Kier alpha value is -0.130. The lowest BCUT2D eigenvalue weighted by atomic mass is 9.93. The van der Waals surface area contributed by atoms with Gasteiger partial charge in [0.1, 0.15) is 0 Å². The molecule has 16 heavy (non-hydrogen) atoms. The van der Waals surface area contributed by atoms with E-state index in [0.717, 1.165) is 11.0 Å². The number of hydrogen-bond donors (Lipinski definition) is 0. The van der Waals surface area contributed by atoms with Crippen LogP contribution in [-0.4, -0.2) is 49.9 Å². The molecule has 0 aliphatic heterocycles. The van der Waals surface area contributed by atoms with Crippen LogP contribution in [0.25, 0.3) is 0 Å². The molecular weight excluding hydrogens is 226 g/mol. The summed E-state index contributed by atoms with van der Waals surface area (Å²) in [6, 6.07) is 0.642. The van der Waals surface area contributed by atoms with Crippen molar-refractivity contribution in [2.75, 3.05) is 26.4 Å². The Labute approximate surface area is 99.0 Å². The molecule has 4 nitrogen and oxygen atoms in total. The summed E-state index contributed by atoms with van der Waals surface area (Å²) in [5.74, 6) is -0.221. The molecular formula is C11H23NO3S. The van der Waals surface area contributed by atoms with Gasteiger partial charge in [-0.05, 0) is 25.7 Å². The second-order valence-corrected chi connectivity index (χ2v) is 6.93. The van der Waals surface area contributed by atoms with Gasteiger partial charge in [0.05, 0.1) is 36.8 Å². The van der Waals surface area contributed by atoms with Gasteiger partial charge in [0.25, 0.3) is 0 Å². The van der Waals surface area contributed by atoms with E-state index in [2.05, 4.69) is 14.1 Å². The molecule has 0 heterocycles. The topological polar surface area (TPSA) is 57.2 Å². The standard InChI is InChI=1S/C11H23NO3S/c1-12(2,9-6-10-16(13,14)15)11-7-4-3-5-8-11/h11H,3-10H2,1-2H3. The summed E-state index contributed by atoms with van der Waals surface area (Å²) in [5, 5.41) is 0. The van der Waals surface area contributed by atoms with E-state index in [1.54, 1.807) is 0 Å². The lowest BCUT2D eigenvalue weighted by Gasteiger charge is -2.40. The van der Waals surface area contributed by atoms with Gasteiger partial charge in [-0.15, -0.1) is 0 Å². The largest absolute Gasteiger partial charge is 0.748 e. The van der Waals surface area contributed by atoms with Crippen molar-refractivity contribution in [2.45, 2.75) is 44.6 Å². The summed E-state index contributed by atoms with van der Waals surface area (Å²) in [5.41, 5.74) is 0. The molecule has 0 unspecified atom stereocenters. The average molecular weight is 249 g/mol. The first-order chi connectivity index (χ1) is 7.31. The van der Waals surface area contributed by atoms with Crippen LogP contribution in [0.2, 0.25) is 0 Å². The van der Waals surface area contributed by atoms with Gasteiger partial charge < -0.3 is 9.04 Å². The van der Waals surface area contributed by atoms with Gasteiger partial charge in [0.15, 0.2) is 0 Å². The van der Waals surface area contributed by atoms with E-state index in [4.69, 9.17) is 0 Å². The predicted octanol–water partition coefficient (Wildman–Crippen LogP) is 1.33. The number of hydrogen-bond acceptors (Lipinski definition) is 3. The smallest absolute Gasteiger partial charge is 0.0948 e. The fraction of sp³-hybridized carbons (Fsp3) is 1.00. The Morgan fingerprint density at radius 3 is 2.25 bits per heavy atom. The summed E-state index contributed by atoms with van der Waals surface area (Å²) < 4.78 is 32.4. The zero-order valence-electron chi connectivity index (χ0n) is 10.3. The molecule has 0 radical (unpaired) electrons. The molecule has 1 saturated carbocycles. The quantitative estimate of drug-likeness (QED) is 0.545. The number of nitrogens with zero attached hydrogens (tertiary/aromatic N) is 1. The molecule has 0 atom stereocenters. The molecule has 96 valence electrons. The van der Waals surface area contributed by atoms with Crippen LogP contribution in [0.5, 0.6) is 0 Å². The maximum absolute atomic E-state index is 10.5. The molecule has 0 N–H and O–H groups in total. The van der Waals surface area contributed by atoms with Crippen LogP contribution in [0.1, 0.15) is 38.5 Å². The van der Waals surface area contributed by atoms with E-state index in [1.165, 1.54) is 32.1 Å². The van der Waals surface area contributed by atoms with E-state index in [0.29, 0.717) is 12.5 Å². The van der Waals surface area contributed by atoms with Crippen LogP contribution in [0.3, 0.4) is 0 Å². The van der Waals surface area contributed by atoms with E-state index in [9.17, 15) is 13.0 Å².